The van der Waals surface area contributed by atoms with Crippen molar-refractivity contribution in [2.45, 2.75) is 12.5 Å². The number of rotatable bonds is 4. The highest BCUT2D eigenvalue weighted by molar-refractivity contribution is 6.31. The molecule has 1 unspecified atom stereocenters. The van der Waals surface area contributed by atoms with Gasteiger partial charge in [0.2, 0.25) is 0 Å². The molecule has 0 spiro atoms. The number of benzene rings is 2. The highest BCUT2D eigenvalue weighted by Gasteiger charge is 2.17. The minimum Gasteiger partial charge on any atom is -0.271 e. The van der Waals surface area contributed by atoms with Gasteiger partial charge in [0.15, 0.2) is 11.6 Å². The molecule has 3 N–H and O–H groups in total. The van der Waals surface area contributed by atoms with Gasteiger partial charge in [0.1, 0.15) is 5.82 Å². The van der Waals surface area contributed by atoms with Gasteiger partial charge in [-0.25, -0.2) is 13.2 Å². The lowest BCUT2D eigenvalue weighted by atomic mass is 9.99. The van der Waals surface area contributed by atoms with E-state index in [4.69, 9.17) is 17.4 Å². The third-order valence-corrected chi connectivity index (χ3v) is 3.32. The standard InChI is InChI=1S/C14H12ClF3N2/c15-11-7-9(16)4-5-10(11)13(20-19)6-8-2-1-3-12(17)14(8)18/h1-5,7,13,20H,6,19H2. The fourth-order valence-corrected chi connectivity index (χ4v) is 2.27. The van der Waals surface area contributed by atoms with E-state index < -0.39 is 23.5 Å². The van der Waals surface area contributed by atoms with E-state index in [1.54, 1.807) is 0 Å². The molecule has 0 aromatic heterocycles. The van der Waals surface area contributed by atoms with E-state index in [9.17, 15) is 13.2 Å². The summed E-state index contributed by atoms with van der Waals surface area (Å²) in [6, 6.07) is 7.18. The van der Waals surface area contributed by atoms with Crippen molar-refractivity contribution in [3.05, 3.63) is 70.0 Å². The summed E-state index contributed by atoms with van der Waals surface area (Å²) < 4.78 is 39.8. The lowest BCUT2D eigenvalue weighted by Crippen LogP contribution is -2.30. The first kappa shape index (κ1) is 14.8. The number of hydrazine groups is 1. The SMILES string of the molecule is NNC(Cc1cccc(F)c1F)c1ccc(F)cc1Cl. The van der Waals surface area contributed by atoms with Crippen molar-refractivity contribution >= 4 is 11.6 Å². The van der Waals surface area contributed by atoms with Gasteiger partial charge in [0, 0.05) is 5.02 Å². The Morgan fingerprint density at radius 2 is 1.90 bits per heavy atom. The quantitative estimate of drug-likeness (QED) is 0.670. The molecule has 2 aromatic carbocycles. The Balaban J connectivity index is 2.31. The average molecular weight is 301 g/mol. The number of nitrogens with one attached hydrogen (secondary N) is 1. The summed E-state index contributed by atoms with van der Waals surface area (Å²) in [6.07, 6.45) is 0.0887. The van der Waals surface area contributed by atoms with Gasteiger partial charge in [-0.2, -0.15) is 0 Å². The van der Waals surface area contributed by atoms with Gasteiger partial charge in [0.05, 0.1) is 6.04 Å². The average Bonchev–Trinajstić information content (AvgIpc) is 2.41. The van der Waals surface area contributed by atoms with Crippen molar-refractivity contribution < 1.29 is 13.2 Å². The van der Waals surface area contributed by atoms with Crippen LogP contribution in [-0.4, -0.2) is 0 Å². The molecule has 0 amide bonds. The zero-order valence-corrected chi connectivity index (χ0v) is 11.1. The van der Waals surface area contributed by atoms with Crippen LogP contribution in [0.4, 0.5) is 13.2 Å². The predicted octanol–water partition coefficient (Wildman–Crippen LogP) is 3.50. The molecular weight excluding hydrogens is 289 g/mol. The van der Waals surface area contributed by atoms with Crippen LogP contribution in [0.25, 0.3) is 0 Å². The second-order valence-corrected chi connectivity index (χ2v) is 4.71. The largest absolute Gasteiger partial charge is 0.271 e. The van der Waals surface area contributed by atoms with Gasteiger partial charge < -0.3 is 0 Å². The minimum absolute atomic E-state index is 0.0887. The monoisotopic (exact) mass is 300 g/mol. The van der Waals surface area contributed by atoms with Crippen LogP contribution in [-0.2, 0) is 6.42 Å². The number of hydrogen-bond acceptors (Lipinski definition) is 2. The highest BCUT2D eigenvalue weighted by atomic mass is 35.5. The van der Waals surface area contributed by atoms with E-state index in [0.717, 1.165) is 12.1 Å². The lowest BCUT2D eigenvalue weighted by molar-refractivity contribution is 0.481. The molecule has 0 aliphatic rings. The third kappa shape index (κ3) is 3.12. The first-order valence-corrected chi connectivity index (χ1v) is 6.24. The van der Waals surface area contributed by atoms with Crippen LogP contribution in [0.5, 0.6) is 0 Å². The first-order chi connectivity index (χ1) is 9.52. The molecule has 2 rings (SSSR count). The summed E-state index contributed by atoms with van der Waals surface area (Å²) in [4.78, 5) is 0. The Labute approximate surface area is 119 Å². The van der Waals surface area contributed by atoms with Crippen LogP contribution in [0, 0.1) is 17.5 Å². The van der Waals surface area contributed by atoms with E-state index in [1.807, 2.05) is 0 Å². The van der Waals surface area contributed by atoms with E-state index in [-0.39, 0.29) is 17.0 Å². The summed E-state index contributed by atoms with van der Waals surface area (Å²) in [5.74, 6) is 3.10. The molecule has 0 saturated carbocycles. The molecule has 1 atom stereocenters. The van der Waals surface area contributed by atoms with Gasteiger partial charge in [-0.1, -0.05) is 29.8 Å². The highest BCUT2D eigenvalue weighted by Crippen LogP contribution is 2.27. The zero-order valence-electron chi connectivity index (χ0n) is 10.3. The van der Waals surface area contributed by atoms with Gasteiger partial charge in [-0.3, -0.25) is 11.3 Å². The molecule has 2 aromatic rings. The van der Waals surface area contributed by atoms with Gasteiger partial charge in [0.25, 0.3) is 0 Å². The molecule has 0 aliphatic heterocycles. The Bertz CT molecular complexity index is 619. The third-order valence-electron chi connectivity index (χ3n) is 2.99. The van der Waals surface area contributed by atoms with Crippen LogP contribution < -0.4 is 11.3 Å². The Hall–Kier alpha value is -1.56. The van der Waals surface area contributed by atoms with Crippen molar-refractivity contribution in [1.29, 1.82) is 0 Å². The molecule has 20 heavy (non-hydrogen) atoms. The second kappa shape index (κ2) is 6.26. The van der Waals surface area contributed by atoms with Crippen LogP contribution in [0.15, 0.2) is 36.4 Å². The molecular formula is C14H12ClF3N2. The zero-order chi connectivity index (χ0) is 14.7. The lowest BCUT2D eigenvalue weighted by Gasteiger charge is -2.18. The van der Waals surface area contributed by atoms with Crippen molar-refractivity contribution in [2.24, 2.45) is 5.84 Å². The van der Waals surface area contributed by atoms with Crippen LogP contribution in [0.1, 0.15) is 17.2 Å². The normalized spacial score (nSPS) is 12.4. The van der Waals surface area contributed by atoms with E-state index in [0.29, 0.717) is 5.56 Å². The maximum absolute atomic E-state index is 13.6. The van der Waals surface area contributed by atoms with Crippen molar-refractivity contribution in [3.8, 4) is 0 Å². The fraction of sp³-hybridized carbons (Fsp3) is 0.143. The topological polar surface area (TPSA) is 38.0 Å². The molecule has 6 heteroatoms. The molecule has 0 bridgehead atoms. The maximum atomic E-state index is 13.6. The second-order valence-electron chi connectivity index (χ2n) is 4.30. The smallest absolute Gasteiger partial charge is 0.162 e. The molecule has 0 fully saturated rings. The molecule has 0 heterocycles. The van der Waals surface area contributed by atoms with Gasteiger partial charge in [-0.15, -0.1) is 0 Å². The fourth-order valence-electron chi connectivity index (χ4n) is 1.97. The Kier molecular flexibility index (Phi) is 4.65. The Morgan fingerprint density at radius 3 is 2.55 bits per heavy atom. The van der Waals surface area contributed by atoms with Crippen LogP contribution >= 0.6 is 11.6 Å². The number of hydrogen-bond donors (Lipinski definition) is 2. The molecule has 0 radical (unpaired) electrons. The number of halogens is 4. The van der Waals surface area contributed by atoms with Gasteiger partial charge in [-0.05, 0) is 35.7 Å². The van der Waals surface area contributed by atoms with E-state index in [1.165, 1.54) is 24.3 Å². The summed E-state index contributed by atoms with van der Waals surface area (Å²) >= 11 is 5.94. The summed E-state index contributed by atoms with van der Waals surface area (Å²) in [6.45, 7) is 0. The molecule has 0 saturated heterocycles. The van der Waals surface area contributed by atoms with Crippen molar-refractivity contribution in [1.82, 2.24) is 5.43 Å². The summed E-state index contributed by atoms with van der Waals surface area (Å²) in [5, 5.41) is 0.171. The molecule has 2 nitrogen and oxygen atoms in total. The maximum Gasteiger partial charge on any atom is 0.162 e. The van der Waals surface area contributed by atoms with Crippen LogP contribution in [0.3, 0.4) is 0 Å². The van der Waals surface area contributed by atoms with Gasteiger partial charge >= 0.3 is 0 Å². The summed E-state index contributed by atoms with van der Waals surface area (Å²) in [5.41, 5.74) is 3.15. The predicted molar refractivity (Wildman–Crippen MR) is 71.5 cm³/mol. The van der Waals surface area contributed by atoms with Crippen LogP contribution in [0.2, 0.25) is 5.02 Å². The van der Waals surface area contributed by atoms with Crippen molar-refractivity contribution in [3.63, 3.8) is 0 Å². The van der Waals surface area contributed by atoms with E-state index >= 15 is 0 Å². The molecule has 0 aliphatic carbocycles. The Morgan fingerprint density at radius 1 is 1.15 bits per heavy atom. The van der Waals surface area contributed by atoms with Crippen molar-refractivity contribution in [2.75, 3.05) is 0 Å². The molecule has 106 valence electrons. The summed E-state index contributed by atoms with van der Waals surface area (Å²) in [7, 11) is 0. The van der Waals surface area contributed by atoms with E-state index in [2.05, 4.69) is 5.43 Å². The first-order valence-electron chi connectivity index (χ1n) is 5.87. The number of nitrogens with two attached hydrogens (primary N) is 1. The minimum atomic E-state index is -0.927.